The van der Waals surface area contributed by atoms with Crippen LogP contribution in [0.15, 0.2) is 122 Å². The Kier molecular flexibility index (Phi) is 21.6. The highest BCUT2D eigenvalue weighted by Crippen LogP contribution is 2.38. The van der Waals surface area contributed by atoms with Crippen molar-refractivity contribution in [2.75, 3.05) is 16.4 Å². The van der Waals surface area contributed by atoms with Gasteiger partial charge in [0.25, 0.3) is 5.95 Å². The van der Waals surface area contributed by atoms with E-state index in [1.165, 1.54) is 80.2 Å². The molecule has 0 radical (unpaired) electrons. The highest BCUT2D eigenvalue weighted by molar-refractivity contribution is 5.82. The first kappa shape index (κ1) is 50.0. The molecular weight excluding hydrogens is 807 g/mol. The fourth-order valence-electron chi connectivity index (χ4n) is 8.08. The van der Waals surface area contributed by atoms with Crippen molar-refractivity contribution in [3.8, 4) is 0 Å². The molecule has 1 atom stereocenters. The first-order valence-electron chi connectivity index (χ1n) is 24.4. The summed E-state index contributed by atoms with van der Waals surface area (Å²) in [5.41, 5.74) is 8.63. The third kappa shape index (κ3) is 16.2. The van der Waals surface area contributed by atoms with Crippen LogP contribution in [0.5, 0.6) is 0 Å². The van der Waals surface area contributed by atoms with E-state index in [9.17, 15) is 9.59 Å². The van der Waals surface area contributed by atoms with Crippen LogP contribution in [0.2, 0.25) is 0 Å². The van der Waals surface area contributed by atoms with Crippen molar-refractivity contribution in [2.45, 2.75) is 149 Å². The van der Waals surface area contributed by atoms with Gasteiger partial charge in [-0.1, -0.05) is 147 Å². The normalized spacial score (nSPS) is 11.5. The van der Waals surface area contributed by atoms with Crippen molar-refractivity contribution in [3.63, 3.8) is 0 Å². The van der Waals surface area contributed by atoms with Crippen molar-refractivity contribution in [1.29, 1.82) is 0 Å². The molecule has 5 rings (SSSR count). The molecule has 4 aromatic carbocycles. The van der Waals surface area contributed by atoms with E-state index in [1.54, 1.807) is 0 Å². The maximum atomic E-state index is 12.4. The van der Waals surface area contributed by atoms with Crippen LogP contribution in [-0.2, 0) is 38.3 Å². The van der Waals surface area contributed by atoms with Gasteiger partial charge in [0.05, 0.1) is 6.61 Å². The number of carbonyl (C=O) groups excluding carboxylic acids is 2. The number of aromatic nitrogens is 3. The fraction of sp³-hybridized carbons (Fsp3) is 0.429. The van der Waals surface area contributed by atoms with E-state index in [0.29, 0.717) is 18.5 Å². The zero-order valence-corrected chi connectivity index (χ0v) is 39.4. The van der Waals surface area contributed by atoms with Gasteiger partial charge < -0.3 is 9.47 Å². The van der Waals surface area contributed by atoms with Crippen LogP contribution in [0, 0.1) is 0 Å². The van der Waals surface area contributed by atoms with Crippen molar-refractivity contribution < 1.29 is 19.1 Å². The predicted molar refractivity (Wildman–Crippen MR) is 268 cm³/mol. The van der Waals surface area contributed by atoms with Crippen LogP contribution in [0.4, 0.5) is 34.6 Å². The van der Waals surface area contributed by atoms with Gasteiger partial charge in [-0.25, -0.2) is 14.7 Å². The van der Waals surface area contributed by atoms with Crippen molar-refractivity contribution in [2.24, 2.45) is 0 Å². The van der Waals surface area contributed by atoms with Gasteiger partial charge in [0.2, 0.25) is 5.95 Å². The average molecular weight is 880 g/mol. The Morgan fingerprint density at radius 2 is 0.985 bits per heavy atom. The highest BCUT2D eigenvalue weighted by atomic mass is 16.5. The molecule has 1 heterocycles. The van der Waals surface area contributed by atoms with Gasteiger partial charge in [0.1, 0.15) is 6.10 Å². The molecular formula is C56H73N5O4. The maximum absolute atomic E-state index is 12.4. The van der Waals surface area contributed by atoms with Crippen molar-refractivity contribution in [3.05, 3.63) is 145 Å². The number of nitrogens with one attached hydrogen (secondary N) is 1. The molecule has 9 nitrogen and oxygen atoms in total. The molecule has 0 saturated heterocycles. The van der Waals surface area contributed by atoms with E-state index in [1.807, 2.05) is 12.1 Å². The lowest BCUT2D eigenvalue weighted by Crippen LogP contribution is -2.14. The van der Waals surface area contributed by atoms with Crippen molar-refractivity contribution >= 4 is 46.6 Å². The molecule has 0 bridgehead atoms. The van der Waals surface area contributed by atoms with Crippen LogP contribution in [0.3, 0.4) is 0 Å². The number of hydrogen-bond donors (Lipinski definition) is 1. The number of anilines is 6. The molecule has 0 fully saturated rings. The standard InChI is InChI=1S/C56H73N5O4/c1-6-11-14-19-23-44-27-35-48(36-28-44)60(49-37-31-46(32-38-49)25-21-16-17-22-43-64-53(62)9-4)55-57-56(59-58-55)61(50-39-29-45(30-40-50)24-20-15-12-7-2)51-41-33-47(34-42-51)52(26-18-13-8-3)65-54(63)10-5/h9-10,27-42,52H,4-8,11-26,43H2,1-3H3,(H,57,58,59). The van der Waals surface area contributed by atoms with E-state index in [4.69, 9.17) is 19.6 Å². The lowest BCUT2D eigenvalue weighted by molar-refractivity contribution is -0.143. The monoisotopic (exact) mass is 880 g/mol. The fourth-order valence-corrected chi connectivity index (χ4v) is 8.08. The zero-order chi connectivity index (χ0) is 46.1. The van der Waals surface area contributed by atoms with Crippen LogP contribution >= 0.6 is 0 Å². The van der Waals surface area contributed by atoms with Crippen LogP contribution in [0.25, 0.3) is 0 Å². The van der Waals surface area contributed by atoms with Gasteiger partial charge in [0, 0.05) is 34.9 Å². The number of H-pyrrole nitrogens is 1. The van der Waals surface area contributed by atoms with E-state index in [0.717, 1.165) is 98.9 Å². The third-order valence-corrected chi connectivity index (χ3v) is 11.9. The van der Waals surface area contributed by atoms with Gasteiger partial charge in [-0.2, -0.15) is 4.98 Å². The Hall–Kier alpha value is -5.96. The molecule has 0 aliphatic heterocycles. The second-order valence-corrected chi connectivity index (χ2v) is 17.0. The Morgan fingerprint density at radius 3 is 1.46 bits per heavy atom. The summed E-state index contributed by atoms with van der Waals surface area (Å²) in [7, 11) is 0. The molecule has 5 aromatic rings. The van der Waals surface area contributed by atoms with Gasteiger partial charge in [-0.3, -0.25) is 9.80 Å². The topological polar surface area (TPSA) is 101 Å². The van der Waals surface area contributed by atoms with E-state index >= 15 is 0 Å². The quantitative estimate of drug-likeness (QED) is 0.0267. The van der Waals surface area contributed by atoms with Crippen LogP contribution < -0.4 is 9.80 Å². The average Bonchev–Trinajstić information content (AvgIpc) is 3.81. The summed E-state index contributed by atoms with van der Waals surface area (Å²) in [4.78, 5) is 33.2. The highest BCUT2D eigenvalue weighted by Gasteiger charge is 2.23. The largest absolute Gasteiger partial charge is 0.463 e. The summed E-state index contributed by atoms with van der Waals surface area (Å²) < 4.78 is 11.0. The Morgan fingerprint density at radius 1 is 0.554 bits per heavy atom. The third-order valence-electron chi connectivity index (χ3n) is 11.9. The minimum Gasteiger partial charge on any atom is -0.463 e. The Bertz CT molecular complexity index is 2140. The second kappa shape index (κ2) is 28.1. The van der Waals surface area contributed by atoms with Crippen LogP contribution in [0.1, 0.15) is 152 Å². The number of unbranched alkanes of at least 4 members (excludes halogenated alkanes) is 11. The molecule has 1 unspecified atom stereocenters. The number of benzene rings is 4. The van der Waals surface area contributed by atoms with E-state index < -0.39 is 5.97 Å². The summed E-state index contributed by atoms with van der Waals surface area (Å²) >= 11 is 0. The molecule has 0 amide bonds. The number of aryl methyl sites for hydroxylation is 3. The van der Waals surface area contributed by atoms with E-state index in [2.05, 4.69) is 134 Å². The lowest BCUT2D eigenvalue weighted by Gasteiger charge is -2.24. The molecule has 0 aliphatic carbocycles. The molecule has 346 valence electrons. The number of esters is 2. The minimum atomic E-state index is -0.417. The first-order chi connectivity index (χ1) is 31.9. The summed E-state index contributed by atoms with van der Waals surface area (Å²) in [6.45, 7) is 14.2. The molecule has 0 saturated carbocycles. The number of nitrogens with zero attached hydrogens (tertiary/aromatic N) is 4. The molecule has 0 spiro atoms. The molecule has 1 aromatic heterocycles. The molecule has 0 aliphatic rings. The molecule has 1 N–H and O–H groups in total. The second-order valence-electron chi connectivity index (χ2n) is 17.0. The summed E-state index contributed by atoms with van der Waals surface area (Å²) in [6.07, 6.45) is 22.8. The molecule has 65 heavy (non-hydrogen) atoms. The number of rotatable bonds is 31. The first-order valence-corrected chi connectivity index (χ1v) is 24.4. The van der Waals surface area contributed by atoms with Gasteiger partial charge in [-0.05, 0) is 129 Å². The summed E-state index contributed by atoms with van der Waals surface area (Å²) in [5.74, 6) is 0.327. The SMILES string of the molecule is C=CC(=O)OCCCCCCc1ccc(N(c2ccc(CCCCCC)cc2)c2n[nH]c(N(c3ccc(CCCCCC)cc3)c3ccc(C(CCCCC)OC(=O)C=C)cc3)n2)cc1. The smallest absolute Gasteiger partial charge is 0.330 e. The maximum Gasteiger partial charge on any atom is 0.330 e. The number of hydrogen-bond acceptors (Lipinski definition) is 8. The Labute approximate surface area is 389 Å². The number of ether oxygens (including phenoxy) is 2. The number of aromatic amines is 1. The minimum absolute atomic E-state index is 0.360. The van der Waals surface area contributed by atoms with Gasteiger partial charge in [-0.15, -0.1) is 5.10 Å². The van der Waals surface area contributed by atoms with Crippen molar-refractivity contribution in [1.82, 2.24) is 15.2 Å². The zero-order valence-electron chi connectivity index (χ0n) is 39.4. The van der Waals surface area contributed by atoms with Gasteiger partial charge in [0.15, 0.2) is 0 Å². The molecule has 9 heteroatoms. The van der Waals surface area contributed by atoms with Crippen LogP contribution in [-0.4, -0.2) is 33.7 Å². The number of carbonyl (C=O) groups is 2. The van der Waals surface area contributed by atoms with E-state index in [-0.39, 0.29) is 12.1 Å². The summed E-state index contributed by atoms with van der Waals surface area (Å²) in [5, 5.41) is 8.23. The van der Waals surface area contributed by atoms with Gasteiger partial charge >= 0.3 is 11.9 Å². The Balaban J connectivity index is 1.45. The predicted octanol–water partition coefficient (Wildman–Crippen LogP) is 15.2. The summed E-state index contributed by atoms with van der Waals surface area (Å²) in [6, 6.07) is 34.5. The lowest BCUT2D eigenvalue weighted by atomic mass is 10.0.